The van der Waals surface area contributed by atoms with Crippen LogP contribution in [-0.4, -0.2) is 60.3 Å². The minimum atomic E-state index is -0.766. The standard InChI is InChI=1S/C27H37FN2O2/c1-21-6-8-22(9-7-21)20-32-26-11-10-23(18-25(26)28)24(27(31)12-4-3-5-13-27)19-30-16-14-29(2)15-17-30/h6-11,18,24,31H,3-5,12-17,19-20H2,1-2H3. The van der Waals surface area contributed by atoms with Crippen molar-refractivity contribution in [2.24, 2.45) is 0 Å². The quantitative estimate of drug-likeness (QED) is 0.675. The van der Waals surface area contributed by atoms with E-state index in [1.165, 1.54) is 12.0 Å². The minimum Gasteiger partial charge on any atom is -0.486 e. The molecule has 2 fully saturated rings. The summed E-state index contributed by atoms with van der Waals surface area (Å²) in [5.41, 5.74) is 2.33. The third-order valence-electron chi connectivity index (χ3n) is 7.28. The molecule has 1 unspecified atom stereocenters. The Morgan fingerprint density at radius 1 is 1.00 bits per heavy atom. The highest BCUT2D eigenvalue weighted by Crippen LogP contribution is 2.41. The number of nitrogens with zero attached hydrogens (tertiary/aromatic N) is 2. The number of aliphatic hydroxyl groups is 1. The molecule has 0 spiro atoms. The first-order valence-corrected chi connectivity index (χ1v) is 12.0. The SMILES string of the molecule is Cc1ccc(COc2ccc(C(CN3CCN(C)CC3)C3(O)CCCCC3)cc2F)cc1. The molecular formula is C27H37FN2O2. The van der Waals surface area contributed by atoms with Crippen molar-refractivity contribution in [1.82, 2.24) is 9.80 Å². The van der Waals surface area contributed by atoms with Gasteiger partial charge in [-0.25, -0.2) is 4.39 Å². The van der Waals surface area contributed by atoms with Crippen molar-refractivity contribution in [3.05, 3.63) is 65.0 Å². The van der Waals surface area contributed by atoms with Crippen molar-refractivity contribution in [2.45, 2.75) is 57.2 Å². The molecule has 1 saturated heterocycles. The van der Waals surface area contributed by atoms with E-state index < -0.39 is 5.60 Å². The summed E-state index contributed by atoms with van der Waals surface area (Å²) in [7, 11) is 2.15. The maximum Gasteiger partial charge on any atom is 0.165 e. The Morgan fingerprint density at radius 3 is 2.34 bits per heavy atom. The van der Waals surface area contributed by atoms with Gasteiger partial charge in [-0.05, 0) is 50.1 Å². The third-order valence-corrected chi connectivity index (χ3v) is 7.28. The molecule has 2 aromatic carbocycles. The topological polar surface area (TPSA) is 35.9 Å². The Hall–Kier alpha value is -1.95. The smallest absolute Gasteiger partial charge is 0.165 e. The van der Waals surface area contributed by atoms with Gasteiger partial charge in [0.05, 0.1) is 5.60 Å². The number of piperazine rings is 1. The fourth-order valence-corrected chi connectivity index (χ4v) is 5.08. The van der Waals surface area contributed by atoms with Crippen LogP contribution in [0.15, 0.2) is 42.5 Å². The van der Waals surface area contributed by atoms with Crippen LogP contribution in [0, 0.1) is 12.7 Å². The number of benzene rings is 2. The van der Waals surface area contributed by atoms with Crippen molar-refractivity contribution in [3.63, 3.8) is 0 Å². The number of rotatable bonds is 7. The molecule has 0 radical (unpaired) electrons. The highest BCUT2D eigenvalue weighted by Gasteiger charge is 2.40. The molecule has 1 aliphatic heterocycles. The molecule has 2 aliphatic rings. The van der Waals surface area contributed by atoms with Gasteiger partial charge in [-0.1, -0.05) is 55.2 Å². The summed E-state index contributed by atoms with van der Waals surface area (Å²) < 4.78 is 20.8. The van der Waals surface area contributed by atoms with Gasteiger partial charge in [-0.3, -0.25) is 0 Å². The molecule has 0 amide bonds. The zero-order chi connectivity index (χ0) is 22.6. The Bertz CT molecular complexity index is 872. The number of likely N-dealkylation sites (N-methyl/N-ethyl adjacent to an activating group) is 1. The molecule has 2 aromatic rings. The number of hydrogen-bond donors (Lipinski definition) is 1. The van der Waals surface area contributed by atoms with E-state index >= 15 is 4.39 Å². The first-order valence-electron chi connectivity index (χ1n) is 12.0. The van der Waals surface area contributed by atoms with E-state index in [1.807, 2.05) is 37.3 Å². The lowest BCUT2D eigenvalue weighted by molar-refractivity contribution is -0.0337. The first kappa shape index (κ1) is 23.2. The van der Waals surface area contributed by atoms with Gasteiger partial charge in [0.15, 0.2) is 11.6 Å². The number of hydrogen-bond acceptors (Lipinski definition) is 4. The Kier molecular flexibility index (Phi) is 7.49. The Labute approximate surface area is 192 Å². The zero-order valence-corrected chi connectivity index (χ0v) is 19.5. The molecule has 1 atom stereocenters. The third kappa shape index (κ3) is 5.69. The lowest BCUT2D eigenvalue weighted by Crippen LogP contribution is -2.50. The minimum absolute atomic E-state index is 0.0909. The van der Waals surface area contributed by atoms with E-state index in [9.17, 15) is 5.11 Å². The largest absolute Gasteiger partial charge is 0.486 e. The highest BCUT2D eigenvalue weighted by molar-refractivity contribution is 5.34. The number of aryl methyl sites for hydroxylation is 1. The monoisotopic (exact) mass is 440 g/mol. The summed E-state index contributed by atoms with van der Waals surface area (Å²) in [5, 5.41) is 11.6. The summed E-state index contributed by atoms with van der Waals surface area (Å²) in [6.07, 6.45) is 4.83. The highest BCUT2D eigenvalue weighted by atomic mass is 19.1. The predicted octanol–water partition coefficient (Wildman–Crippen LogP) is 4.74. The van der Waals surface area contributed by atoms with Crippen molar-refractivity contribution in [1.29, 1.82) is 0 Å². The lowest BCUT2D eigenvalue weighted by Gasteiger charge is -2.43. The maximum atomic E-state index is 15.1. The fourth-order valence-electron chi connectivity index (χ4n) is 5.08. The molecule has 5 heteroatoms. The molecule has 4 rings (SSSR count). The normalized spacial score (nSPS) is 20.8. The van der Waals surface area contributed by atoms with Crippen molar-refractivity contribution in [3.8, 4) is 5.75 Å². The summed E-state index contributed by atoms with van der Waals surface area (Å²) in [6.45, 7) is 7.20. The second-order valence-electron chi connectivity index (χ2n) is 9.78. The van der Waals surface area contributed by atoms with E-state index in [0.717, 1.165) is 69.5 Å². The van der Waals surface area contributed by atoms with Gasteiger partial charge in [-0.2, -0.15) is 0 Å². The van der Waals surface area contributed by atoms with Gasteiger partial charge >= 0.3 is 0 Å². The molecule has 1 N–H and O–H groups in total. The Morgan fingerprint density at radius 2 is 1.69 bits per heavy atom. The van der Waals surface area contributed by atoms with Gasteiger partial charge in [0.2, 0.25) is 0 Å². The van der Waals surface area contributed by atoms with Gasteiger partial charge in [0.25, 0.3) is 0 Å². The van der Waals surface area contributed by atoms with Gasteiger partial charge < -0.3 is 19.6 Å². The van der Waals surface area contributed by atoms with Crippen LogP contribution < -0.4 is 4.74 Å². The van der Waals surface area contributed by atoms with Crippen LogP contribution in [0.2, 0.25) is 0 Å². The molecule has 32 heavy (non-hydrogen) atoms. The van der Waals surface area contributed by atoms with Gasteiger partial charge in [0, 0.05) is 38.6 Å². The van der Waals surface area contributed by atoms with Crippen LogP contribution in [-0.2, 0) is 6.61 Å². The van der Waals surface area contributed by atoms with Gasteiger partial charge in [-0.15, -0.1) is 0 Å². The second-order valence-corrected chi connectivity index (χ2v) is 9.78. The van der Waals surface area contributed by atoms with Crippen LogP contribution in [0.3, 0.4) is 0 Å². The van der Waals surface area contributed by atoms with E-state index in [2.05, 4.69) is 16.8 Å². The summed E-state index contributed by atoms with van der Waals surface area (Å²) in [6, 6.07) is 13.4. The fraction of sp³-hybridized carbons (Fsp3) is 0.556. The average Bonchev–Trinajstić information content (AvgIpc) is 2.79. The predicted molar refractivity (Wildman–Crippen MR) is 127 cm³/mol. The summed E-state index contributed by atoms with van der Waals surface area (Å²) in [5.74, 6) is -0.174. The molecule has 0 bridgehead atoms. The molecule has 1 heterocycles. The lowest BCUT2D eigenvalue weighted by atomic mass is 9.72. The van der Waals surface area contributed by atoms with Crippen molar-refractivity contribution in [2.75, 3.05) is 39.8 Å². The molecule has 174 valence electrons. The van der Waals surface area contributed by atoms with Gasteiger partial charge in [0.1, 0.15) is 6.61 Å². The van der Waals surface area contributed by atoms with Crippen LogP contribution in [0.25, 0.3) is 0 Å². The Balaban J connectivity index is 1.50. The molecule has 0 aromatic heterocycles. The summed E-state index contributed by atoms with van der Waals surface area (Å²) >= 11 is 0. The van der Waals surface area contributed by atoms with E-state index in [-0.39, 0.29) is 17.5 Å². The van der Waals surface area contributed by atoms with E-state index in [1.54, 1.807) is 12.1 Å². The van der Waals surface area contributed by atoms with Crippen LogP contribution in [0.1, 0.15) is 54.7 Å². The van der Waals surface area contributed by atoms with Crippen LogP contribution >= 0.6 is 0 Å². The van der Waals surface area contributed by atoms with E-state index in [4.69, 9.17) is 4.74 Å². The second kappa shape index (κ2) is 10.3. The molecular weight excluding hydrogens is 403 g/mol. The molecule has 1 aliphatic carbocycles. The zero-order valence-electron chi connectivity index (χ0n) is 19.5. The first-order chi connectivity index (χ1) is 15.4. The number of halogens is 1. The maximum absolute atomic E-state index is 15.1. The van der Waals surface area contributed by atoms with Crippen molar-refractivity contribution < 1.29 is 14.2 Å². The van der Waals surface area contributed by atoms with Crippen LogP contribution in [0.4, 0.5) is 4.39 Å². The van der Waals surface area contributed by atoms with Crippen LogP contribution in [0.5, 0.6) is 5.75 Å². The molecule has 4 nitrogen and oxygen atoms in total. The molecule has 1 saturated carbocycles. The van der Waals surface area contributed by atoms with E-state index in [0.29, 0.717) is 6.61 Å². The van der Waals surface area contributed by atoms with Crippen molar-refractivity contribution >= 4 is 0 Å². The number of ether oxygens (including phenoxy) is 1. The summed E-state index contributed by atoms with van der Waals surface area (Å²) in [4.78, 5) is 4.76. The average molecular weight is 441 g/mol.